The first-order valence-corrected chi connectivity index (χ1v) is 22.3. The molecule has 0 aromatic heterocycles. The van der Waals surface area contributed by atoms with E-state index in [1.165, 1.54) is 35.7 Å². The Labute approximate surface area is 369 Å². The van der Waals surface area contributed by atoms with Crippen molar-refractivity contribution in [3.05, 3.63) is 47.2 Å². The van der Waals surface area contributed by atoms with Gasteiger partial charge in [-0.25, -0.2) is 9.59 Å². The van der Waals surface area contributed by atoms with E-state index in [4.69, 9.17) is 35.3 Å². The molecule has 0 saturated carbocycles. The van der Waals surface area contributed by atoms with Crippen molar-refractivity contribution >= 4 is 53.1 Å². The lowest BCUT2D eigenvalue weighted by Crippen LogP contribution is -2.63. The summed E-state index contributed by atoms with van der Waals surface area (Å²) in [6.07, 6.45) is 5.14. The minimum atomic E-state index is -1.84. The number of aliphatic hydroxyl groups is 1. The van der Waals surface area contributed by atoms with Crippen molar-refractivity contribution in [3.63, 3.8) is 0 Å². The van der Waals surface area contributed by atoms with E-state index in [-0.39, 0.29) is 31.1 Å². The molecular weight excluding hydrogens is 830 g/mol. The summed E-state index contributed by atoms with van der Waals surface area (Å²) in [6, 6.07) is -1.03. The van der Waals surface area contributed by atoms with Gasteiger partial charge in [0.1, 0.15) is 40.9 Å². The summed E-state index contributed by atoms with van der Waals surface area (Å²) in [5.74, 6) is -0.964. The number of alkyl carbamates (subject to hydrolysis) is 1. The van der Waals surface area contributed by atoms with Crippen LogP contribution in [0.2, 0.25) is 0 Å². The predicted molar refractivity (Wildman–Crippen MR) is 233 cm³/mol. The number of epoxide rings is 1. The Morgan fingerprint density at radius 2 is 1.84 bits per heavy atom. The predicted octanol–water partition coefficient (Wildman–Crippen LogP) is 3.52. The number of ether oxygens (including phenoxy) is 5. The van der Waals surface area contributed by atoms with E-state index in [9.17, 15) is 29.1 Å². The van der Waals surface area contributed by atoms with Crippen LogP contribution in [-0.4, -0.2) is 169 Å². The van der Waals surface area contributed by atoms with Crippen LogP contribution < -0.4 is 10.6 Å². The number of likely N-dealkylation sites (N-methyl/N-ethyl adjacent to an activating group) is 3. The number of carbonyl (C=O) groups excluding carboxylic acids is 5. The molecule has 2 fully saturated rings. The molecule has 1 aliphatic carbocycles. The van der Waals surface area contributed by atoms with Crippen LogP contribution in [0.15, 0.2) is 47.2 Å². The Morgan fingerprint density at radius 3 is 2.48 bits per heavy atom. The highest BCUT2D eigenvalue weighted by molar-refractivity contribution is 7.99. The van der Waals surface area contributed by atoms with Gasteiger partial charge in [-0.05, 0) is 58.9 Å². The molecule has 3 N–H and O–H groups in total. The van der Waals surface area contributed by atoms with Gasteiger partial charge >= 0.3 is 12.1 Å². The number of fused-ring (bicyclic) bond motifs is 4. The standard InChI is InChI=1S/C43H66ClN5O11S/c1-26-13-12-14-32(56-10)43(55)25-31(58-40(54)46-43)27(2)38-42(5,60-38)33(23-36(52)49(9)30-22-29(21-26)24-41(4,57-11)37(30)44)59-39(53)28(3)48(8)35(51)16-20-61-19-15-34(50)47(7)18-17-45-6/h12-14,22,24,27-28,31-33,37-38,45,55H,15-21,23,25H2,1-11H3,(H,46,54)/b14-12+,26-13+/t27-,28+,31+,32-,33+,37?,38+,41+,42+,43+/m1/s1. The Morgan fingerprint density at radius 1 is 1.16 bits per heavy atom. The van der Waals surface area contributed by atoms with E-state index < -0.39 is 76.6 Å². The van der Waals surface area contributed by atoms with Crippen LogP contribution in [0.5, 0.6) is 0 Å². The van der Waals surface area contributed by atoms with E-state index in [1.54, 1.807) is 59.0 Å². The zero-order chi connectivity index (χ0) is 45.4. The summed E-state index contributed by atoms with van der Waals surface area (Å²) in [4.78, 5) is 71.3. The van der Waals surface area contributed by atoms with Crippen molar-refractivity contribution < 1.29 is 52.8 Å². The largest absolute Gasteiger partial charge is 0.457 e. The maximum atomic E-state index is 14.4. The normalized spacial score (nSPS) is 33.7. The maximum Gasteiger partial charge on any atom is 0.409 e. The highest BCUT2D eigenvalue weighted by atomic mass is 35.5. The molecular formula is C43H66ClN5O11S. The summed E-state index contributed by atoms with van der Waals surface area (Å²) in [5.41, 5.74) is -1.80. The fourth-order valence-corrected chi connectivity index (χ4v) is 9.06. The summed E-state index contributed by atoms with van der Waals surface area (Å²) >= 11 is 8.53. The topological polar surface area (TPSA) is 189 Å². The van der Waals surface area contributed by atoms with E-state index in [1.807, 2.05) is 39.1 Å². The lowest BCUT2D eigenvalue weighted by Gasteiger charge is -2.42. The van der Waals surface area contributed by atoms with Crippen molar-refractivity contribution in [1.29, 1.82) is 0 Å². The monoisotopic (exact) mass is 895 g/mol. The smallest absolute Gasteiger partial charge is 0.409 e. The number of nitrogens with zero attached hydrogens (tertiary/aromatic N) is 3. The van der Waals surface area contributed by atoms with Crippen molar-refractivity contribution in [1.82, 2.24) is 25.3 Å². The Balaban J connectivity index is 1.59. The number of amides is 4. The fraction of sp³-hybridized carbons (Fsp3) is 0.698. The van der Waals surface area contributed by atoms with Crippen molar-refractivity contribution in [3.8, 4) is 0 Å². The number of thioether (sulfide) groups is 1. The van der Waals surface area contributed by atoms with Crippen molar-refractivity contribution in [2.45, 2.75) is 119 Å². The van der Waals surface area contributed by atoms with Gasteiger partial charge in [-0.15, -0.1) is 11.6 Å². The molecule has 16 nitrogen and oxygen atoms in total. The van der Waals surface area contributed by atoms with Crippen LogP contribution in [0, 0.1) is 5.92 Å². The molecule has 0 spiro atoms. The first-order valence-electron chi connectivity index (χ1n) is 20.7. The van der Waals surface area contributed by atoms with Gasteiger partial charge in [0.2, 0.25) is 17.7 Å². The zero-order valence-electron chi connectivity index (χ0n) is 37.4. The number of methoxy groups -OCH3 is 2. The molecule has 3 heterocycles. The Bertz CT molecular complexity index is 1760. The second-order valence-electron chi connectivity index (χ2n) is 16.8. The maximum absolute atomic E-state index is 14.4. The molecule has 1 unspecified atom stereocenters. The van der Waals surface area contributed by atoms with Gasteiger partial charge < -0.3 is 48.8 Å². The molecule has 2 saturated heterocycles. The zero-order valence-corrected chi connectivity index (χ0v) is 39.0. The van der Waals surface area contributed by atoms with Gasteiger partial charge in [-0.3, -0.25) is 19.7 Å². The molecule has 18 heteroatoms. The van der Waals surface area contributed by atoms with E-state index in [0.717, 1.165) is 11.1 Å². The number of esters is 1. The average Bonchev–Trinajstić information content (AvgIpc) is 3.92. The number of halogens is 1. The first kappa shape index (κ1) is 50.2. The average molecular weight is 897 g/mol. The van der Waals surface area contributed by atoms with Gasteiger partial charge in [0, 0.05) is 90.8 Å². The van der Waals surface area contributed by atoms with Crippen molar-refractivity contribution in [2.24, 2.45) is 5.92 Å². The summed E-state index contributed by atoms with van der Waals surface area (Å²) < 4.78 is 29.7. The first-order chi connectivity index (χ1) is 28.6. The van der Waals surface area contributed by atoms with E-state index >= 15 is 0 Å². The number of nitrogens with one attached hydrogen (secondary N) is 2. The van der Waals surface area contributed by atoms with Gasteiger partial charge in [-0.2, -0.15) is 11.8 Å². The van der Waals surface area contributed by atoms with Crippen LogP contribution in [0.1, 0.15) is 66.7 Å². The molecule has 4 amide bonds. The summed E-state index contributed by atoms with van der Waals surface area (Å²) in [5, 5.41) is 16.6. The molecule has 0 aromatic carbocycles. The van der Waals surface area contributed by atoms with Crippen LogP contribution >= 0.6 is 23.4 Å². The fourth-order valence-electron chi connectivity index (χ4n) is 7.86. The number of hydrogen-bond donors (Lipinski definition) is 3. The minimum Gasteiger partial charge on any atom is -0.457 e. The molecule has 342 valence electrons. The summed E-state index contributed by atoms with van der Waals surface area (Å²) in [6.45, 7) is 10.2. The van der Waals surface area contributed by atoms with Crippen LogP contribution in [0.4, 0.5) is 4.79 Å². The van der Waals surface area contributed by atoms with Gasteiger partial charge in [0.15, 0.2) is 5.72 Å². The third-order valence-corrected chi connectivity index (χ3v) is 13.9. The lowest BCUT2D eigenvalue weighted by molar-refractivity contribution is -0.162. The Kier molecular flexibility index (Phi) is 17.5. The third-order valence-electron chi connectivity index (χ3n) is 12.3. The molecule has 4 bridgehead atoms. The molecule has 10 atom stereocenters. The lowest BCUT2D eigenvalue weighted by atomic mass is 9.83. The van der Waals surface area contributed by atoms with Gasteiger partial charge in [0.05, 0.1) is 12.5 Å². The van der Waals surface area contributed by atoms with Gasteiger partial charge in [0.25, 0.3) is 0 Å². The van der Waals surface area contributed by atoms with Crippen molar-refractivity contribution in [2.75, 3.05) is 67.0 Å². The quantitative estimate of drug-likeness (QED) is 0.0996. The number of rotatable bonds is 14. The molecule has 4 rings (SSSR count). The Hall–Kier alpha value is -3.45. The summed E-state index contributed by atoms with van der Waals surface area (Å²) in [7, 11) is 9.70. The molecule has 4 aliphatic rings. The second-order valence-corrected chi connectivity index (χ2v) is 18.5. The van der Waals surface area contributed by atoms with E-state index in [0.29, 0.717) is 43.1 Å². The van der Waals surface area contributed by atoms with Gasteiger partial charge in [-0.1, -0.05) is 30.7 Å². The molecule has 61 heavy (non-hydrogen) atoms. The highest BCUT2D eigenvalue weighted by Gasteiger charge is 2.64. The second kappa shape index (κ2) is 21.3. The molecule has 3 aliphatic heterocycles. The number of carbonyl (C=O) groups is 5. The number of alkyl halides is 1. The molecule has 0 aromatic rings. The van der Waals surface area contributed by atoms with Crippen LogP contribution in [0.3, 0.4) is 0 Å². The third kappa shape index (κ3) is 12.2. The van der Waals surface area contributed by atoms with Crippen LogP contribution in [0.25, 0.3) is 0 Å². The van der Waals surface area contributed by atoms with Crippen LogP contribution in [-0.2, 0) is 42.9 Å². The SMILES string of the molecule is CNCCN(C)C(=O)CCSCCC(=O)N(C)[C@@H](C)C(=O)O[C@H]1CC(=O)N(C)C2=CC(=C[C@](C)(OC)C2Cl)C/C(C)=C/C=C/[C@@H](OC)[C@@]2(O)C[C@H](OC(=O)N2)[C@@H](C)[C@@H]2O[C@@]12C. The van der Waals surface area contributed by atoms with E-state index in [2.05, 4.69) is 10.6 Å². The molecule has 0 radical (unpaired) electrons. The number of allylic oxidation sites excluding steroid dienone is 5. The minimum absolute atomic E-state index is 0.0260. The number of hydrogen-bond acceptors (Lipinski definition) is 13. The highest BCUT2D eigenvalue weighted by Crippen LogP contribution is 2.49.